The first-order chi connectivity index (χ1) is 7.98. The molecule has 7 heteroatoms. The van der Waals surface area contributed by atoms with Crippen molar-refractivity contribution in [3.05, 3.63) is 22.6 Å². The molecule has 1 atom stereocenters. The van der Waals surface area contributed by atoms with Crippen LogP contribution in [0.25, 0.3) is 0 Å². The lowest BCUT2D eigenvalue weighted by Crippen LogP contribution is -2.48. The van der Waals surface area contributed by atoms with Gasteiger partial charge in [-0.2, -0.15) is 13.2 Å². The molecule has 0 aromatic carbocycles. The maximum atomic E-state index is 13.1. The van der Waals surface area contributed by atoms with Gasteiger partial charge in [0.25, 0.3) is 0 Å². The topological polar surface area (TPSA) is 28.4 Å². The average Bonchev–Trinajstić information content (AvgIpc) is 2.64. The second-order valence-electron chi connectivity index (χ2n) is 3.87. The molecule has 1 fully saturated rings. The summed E-state index contributed by atoms with van der Waals surface area (Å²) in [5.74, 6) is -0.0636. The Balaban J connectivity index is 2.24. The highest BCUT2D eigenvalue weighted by Gasteiger charge is 2.46. The molecular weight excluding hydrogens is 301 g/mol. The Morgan fingerprint density at radius 2 is 1.94 bits per heavy atom. The molecule has 0 saturated carbocycles. The number of rotatable bonds is 2. The first-order valence-corrected chi connectivity index (χ1v) is 6.04. The van der Waals surface area contributed by atoms with Crippen molar-refractivity contribution < 1.29 is 17.6 Å². The highest BCUT2D eigenvalue weighted by molar-refractivity contribution is 9.10. The highest BCUT2D eigenvalue weighted by Crippen LogP contribution is 2.39. The predicted molar refractivity (Wildman–Crippen MR) is 59.6 cm³/mol. The van der Waals surface area contributed by atoms with Crippen LogP contribution in [0.2, 0.25) is 0 Å². The van der Waals surface area contributed by atoms with E-state index in [4.69, 9.17) is 4.42 Å². The van der Waals surface area contributed by atoms with Gasteiger partial charge < -0.3 is 9.73 Å². The molecule has 0 amide bonds. The molecule has 96 valence electrons. The molecule has 0 radical (unpaired) electrons. The molecule has 0 bridgehead atoms. The van der Waals surface area contributed by atoms with E-state index in [1.54, 1.807) is 0 Å². The lowest BCUT2D eigenvalue weighted by atomic mass is 10.1. The van der Waals surface area contributed by atoms with Crippen LogP contribution < -0.4 is 5.32 Å². The minimum absolute atomic E-state index is 0.0636. The maximum absolute atomic E-state index is 13.1. The summed E-state index contributed by atoms with van der Waals surface area (Å²) in [6.45, 7) is 1.86. The smallest absolute Gasteiger partial charge is 0.411 e. The molecular formula is C10H12BrF3N2O. The van der Waals surface area contributed by atoms with Gasteiger partial charge in [-0.1, -0.05) is 0 Å². The minimum atomic E-state index is -4.32. The van der Waals surface area contributed by atoms with Crippen LogP contribution in [0.1, 0.15) is 11.8 Å². The monoisotopic (exact) mass is 312 g/mol. The zero-order valence-electron chi connectivity index (χ0n) is 8.93. The van der Waals surface area contributed by atoms with Gasteiger partial charge in [-0.15, -0.1) is 0 Å². The van der Waals surface area contributed by atoms with Crippen molar-refractivity contribution in [1.82, 2.24) is 10.2 Å². The van der Waals surface area contributed by atoms with Crippen molar-refractivity contribution in [2.24, 2.45) is 0 Å². The van der Waals surface area contributed by atoms with E-state index in [1.807, 2.05) is 0 Å². The molecule has 2 heterocycles. The molecule has 1 aliphatic rings. The van der Waals surface area contributed by atoms with Crippen LogP contribution >= 0.6 is 15.9 Å². The molecule has 2 rings (SSSR count). The quantitative estimate of drug-likeness (QED) is 0.909. The van der Waals surface area contributed by atoms with E-state index in [9.17, 15) is 13.2 Å². The largest absolute Gasteiger partial charge is 0.452 e. The second-order valence-corrected chi connectivity index (χ2v) is 4.65. The number of nitrogens with zero attached hydrogens (tertiary/aromatic N) is 1. The van der Waals surface area contributed by atoms with Crippen molar-refractivity contribution >= 4 is 15.9 Å². The van der Waals surface area contributed by atoms with Crippen molar-refractivity contribution in [3.63, 3.8) is 0 Å². The summed E-state index contributed by atoms with van der Waals surface area (Å²) in [5, 5.41) is 3.03. The number of nitrogens with one attached hydrogen (secondary N) is 1. The van der Waals surface area contributed by atoms with Crippen molar-refractivity contribution in [1.29, 1.82) is 0 Å². The lowest BCUT2D eigenvalue weighted by molar-refractivity contribution is -0.192. The first-order valence-electron chi connectivity index (χ1n) is 5.25. The molecule has 1 saturated heterocycles. The molecule has 0 aliphatic carbocycles. The van der Waals surface area contributed by atoms with Gasteiger partial charge in [0.2, 0.25) is 0 Å². The number of hydrogen-bond acceptors (Lipinski definition) is 3. The number of piperazine rings is 1. The average molecular weight is 313 g/mol. The van der Waals surface area contributed by atoms with E-state index >= 15 is 0 Å². The fraction of sp³-hybridized carbons (Fsp3) is 0.600. The van der Waals surface area contributed by atoms with Gasteiger partial charge in [-0.05, 0) is 28.1 Å². The lowest BCUT2D eigenvalue weighted by Gasteiger charge is -2.34. The van der Waals surface area contributed by atoms with E-state index in [0.29, 0.717) is 30.8 Å². The van der Waals surface area contributed by atoms with Crippen molar-refractivity contribution in [3.8, 4) is 0 Å². The predicted octanol–water partition coefficient (Wildman–Crippen LogP) is 2.55. The Kier molecular flexibility index (Phi) is 3.79. The van der Waals surface area contributed by atoms with E-state index in [-0.39, 0.29) is 5.76 Å². The molecule has 0 unspecified atom stereocenters. The molecule has 3 nitrogen and oxygen atoms in total. The standard InChI is InChI=1S/C10H12BrF3N2O/c11-8-2-1-7(17-8)9(10(12,13)14)16-5-3-15-4-6-16/h1-2,9,15H,3-6H2/t9-/m1/s1. The van der Waals surface area contributed by atoms with E-state index in [0.717, 1.165) is 0 Å². The van der Waals surface area contributed by atoms with Crippen molar-refractivity contribution in [2.75, 3.05) is 26.2 Å². The van der Waals surface area contributed by atoms with E-state index in [2.05, 4.69) is 21.2 Å². The van der Waals surface area contributed by atoms with E-state index < -0.39 is 12.2 Å². The molecule has 0 spiro atoms. The van der Waals surface area contributed by atoms with Gasteiger partial charge in [0.15, 0.2) is 10.7 Å². The Morgan fingerprint density at radius 3 is 2.41 bits per heavy atom. The zero-order chi connectivity index (χ0) is 12.5. The Labute approximate surface area is 105 Å². The van der Waals surface area contributed by atoms with Crippen LogP contribution in [-0.2, 0) is 0 Å². The van der Waals surface area contributed by atoms with Crippen LogP contribution in [0.15, 0.2) is 21.2 Å². The third kappa shape index (κ3) is 3.02. The number of alkyl halides is 3. The summed E-state index contributed by atoms with van der Waals surface area (Å²) in [5.41, 5.74) is 0. The van der Waals surface area contributed by atoms with Crippen LogP contribution in [0.3, 0.4) is 0 Å². The molecule has 1 aromatic rings. The SMILES string of the molecule is FC(F)(F)[C@@H](c1ccc(Br)o1)N1CCNCC1. The summed E-state index contributed by atoms with van der Waals surface area (Å²) in [4.78, 5) is 1.39. The summed E-state index contributed by atoms with van der Waals surface area (Å²) in [6, 6.07) is 1.19. The summed E-state index contributed by atoms with van der Waals surface area (Å²) in [7, 11) is 0. The summed E-state index contributed by atoms with van der Waals surface area (Å²) in [6.07, 6.45) is -4.32. The molecule has 1 aromatic heterocycles. The van der Waals surface area contributed by atoms with Gasteiger partial charge in [0, 0.05) is 26.2 Å². The number of halogens is 4. The fourth-order valence-electron chi connectivity index (χ4n) is 1.96. The summed E-state index contributed by atoms with van der Waals surface area (Å²) < 4.78 is 44.6. The maximum Gasteiger partial charge on any atom is 0.411 e. The van der Waals surface area contributed by atoms with Crippen molar-refractivity contribution in [2.45, 2.75) is 12.2 Å². The van der Waals surface area contributed by atoms with Crippen LogP contribution in [0.4, 0.5) is 13.2 Å². The number of hydrogen-bond donors (Lipinski definition) is 1. The van der Waals surface area contributed by atoms with Crippen LogP contribution in [-0.4, -0.2) is 37.3 Å². The van der Waals surface area contributed by atoms with Gasteiger partial charge >= 0.3 is 6.18 Å². The van der Waals surface area contributed by atoms with Gasteiger partial charge in [-0.25, -0.2) is 0 Å². The Hall–Kier alpha value is -0.530. The Bertz CT molecular complexity index is 374. The zero-order valence-corrected chi connectivity index (χ0v) is 10.5. The van der Waals surface area contributed by atoms with E-state index in [1.165, 1.54) is 17.0 Å². The molecule has 1 aliphatic heterocycles. The van der Waals surface area contributed by atoms with Crippen LogP contribution in [0, 0.1) is 0 Å². The minimum Gasteiger partial charge on any atom is -0.452 e. The number of furan rings is 1. The highest BCUT2D eigenvalue weighted by atomic mass is 79.9. The molecule has 1 N–H and O–H groups in total. The van der Waals surface area contributed by atoms with Crippen LogP contribution in [0.5, 0.6) is 0 Å². The fourth-order valence-corrected chi connectivity index (χ4v) is 2.28. The molecule has 17 heavy (non-hydrogen) atoms. The first kappa shape index (κ1) is 12.9. The van der Waals surface area contributed by atoms with Gasteiger partial charge in [0.05, 0.1) is 0 Å². The third-order valence-electron chi connectivity index (χ3n) is 2.69. The summed E-state index contributed by atoms with van der Waals surface area (Å²) >= 11 is 3.03. The van der Waals surface area contributed by atoms with Gasteiger partial charge in [-0.3, -0.25) is 4.90 Å². The Morgan fingerprint density at radius 1 is 1.29 bits per heavy atom. The normalized spacial score (nSPS) is 20.5. The van der Waals surface area contributed by atoms with Gasteiger partial charge in [0.1, 0.15) is 5.76 Å². The third-order valence-corrected chi connectivity index (χ3v) is 3.12. The second kappa shape index (κ2) is 4.99.